The van der Waals surface area contributed by atoms with Crippen molar-refractivity contribution in [3.8, 4) is 17.2 Å². The molecule has 0 heterocycles. The first-order chi connectivity index (χ1) is 14.0. The second-order valence-corrected chi connectivity index (χ2v) is 6.72. The number of hydrogen-bond acceptors (Lipinski definition) is 7. The molecule has 29 heavy (non-hydrogen) atoms. The molecule has 1 N–H and O–H groups in total. The average Bonchev–Trinajstić information content (AvgIpc) is 2.73. The Labute approximate surface area is 182 Å². The number of ether oxygens (including phenoxy) is 4. The van der Waals surface area contributed by atoms with Crippen LogP contribution in [0.25, 0.3) is 0 Å². The van der Waals surface area contributed by atoms with Gasteiger partial charge in [-0.2, -0.15) is 5.10 Å². The molecule has 0 aliphatic rings. The monoisotopic (exact) mass is 512 g/mol. The highest BCUT2D eigenvalue weighted by molar-refractivity contribution is 14.1. The molecule has 0 aliphatic carbocycles. The van der Waals surface area contributed by atoms with E-state index in [1.807, 2.05) is 6.92 Å². The molecule has 0 saturated heterocycles. The second kappa shape index (κ2) is 11.2. The minimum Gasteiger partial charge on any atom is -0.494 e. The van der Waals surface area contributed by atoms with Gasteiger partial charge in [-0.05, 0) is 71.5 Å². The molecule has 0 aliphatic heterocycles. The van der Waals surface area contributed by atoms with Crippen LogP contribution >= 0.6 is 22.6 Å². The van der Waals surface area contributed by atoms with Crippen LogP contribution in [-0.4, -0.2) is 45.5 Å². The van der Waals surface area contributed by atoms with Crippen LogP contribution in [0, 0.1) is 3.57 Å². The maximum atomic E-state index is 12.2. The summed E-state index contributed by atoms with van der Waals surface area (Å²) in [5.74, 6) is 0.715. The summed E-state index contributed by atoms with van der Waals surface area (Å²) in [6.45, 7) is 2.22. The molecule has 2 rings (SSSR count). The number of benzene rings is 2. The van der Waals surface area contributed by atoms with Gasteiger partial charge in [0.1, 0.15) is 5.75 Å². The van der Waals surface area contributed by atoms with Gasteiger partial charge in [0.15, 0.2) is 18.1 Å². The summed E-state index contributed by atoms with van der Waals surface area (Å²) in [4.78, 5) is 23.4. The van der Waals surface area contributed by atoms with Gasteiger partial charge >= 0.3 is 5.97 Å². The third kappa shape index (κ3) is 6.63. The first-order valence-corrected chi connectivity index (χ1v) is 9.69. The Hall–Kier alpha value is -2.82. The molecule has 0 saturated carbocycles. The number of hydrogen-bond donors (Lipinski definition) is 1. The lowest BCUT2D eigenvalue weighted by Gasteiger charge is -2.12. The van der Waals surface area contributed by atoms with Crippen molar-refractivity contribution in [1.82, 2.24) is 5.43 Å². The van der Waals surface area contributed by atoms with Gasteiger partial charge < -0.3 is 18.9 Å². The van der Waals surface area contributed by atoms with Crippen molar-refractivity contribution in [3.05, 3.63) is 51.1 Å². The van der Waals surface area contributed by atoms with Crippen LogP contribution in [0.1, 0.15) is 22.8 Å². The Morgan fingerprint density at radius 1 is 1.14 bits per heavy atom. The van der Waals surface area contributed by atoms with Crippen molar-refractivity contribution in [2.24, 2.45) is 5.10 Å². The van der Waals surface area contributed by atoms with Crippen LogP contribution in [0.4, 0.5) is 0 Å². The van der Waals surface area contributed by atoms with E-state index in [1.165, 1.54) is 20.4 Å². The third-order valence-corrected chi connectivity index (χ3v) is 4.42. The normalized spacial score (nSPS) is 10.5. The lowest BCUT2D eigenvalue weighted by Crippen LogP contribution is -2.17. The maximum Gasteiger partial charge on any atom is 0.343 e. The fourth-order valence-corrected chi connectivity index (χ4v) is 3.02. The van der Waals surface area contributed by atoms with E-state index in [-0.39, 0.29) is 12.5 Å². The van der Waals surface area contributed by atoms with Crippen LogP contribution in [0.2, 0.25) is 0 Å². The smallest absolute Gasteiger partial charge is 0.343 e. The third-order valence-electron chi connectivity index (χ3n) is 3.62. The van der Waals surface area contributed by atoms with E-state index >= 15 is 0 Å². The summed E-state index contributed by atoms with van der Waals surface area (Å²) in [6.07, 6.45) is 1.49. The van der Waals surface area contributed by atoms with Crippen LogP contribution in [0.3, 0.4) is 0 Å². The lowest BCUT2D eigenvalue weighted by molar-refractivity contribution is -0.142. The van der Waals surface area contributed by atoms with Crippen molar-refractivity contribution < 1.29 is 28.5 Å². The van der Waals surface area contributed by atoms with E-state index in [0.29, 0.717) is 38.6 Å². The second-order valence-electron chi connectivity index (χ2n) is 5.56. The number of hydrazone groups is 1. The van der Waals surface area contributed by atoms with Gasteiger partial charge in [-0.25, -0.2) is 10.2 Å². The van der Waals surface area contributed by atoms with E-state index in [2.05, 4.69) is 37.9 Å². The standard InChI is InChI=1S/C20H21IN2O6/c1-4-28-15-7-5-14(6-8-15)20(25)23-22-11-13-9-16(21)19(17(10-13)26-2)29-12-18(24)27-3/h5-11H,4,12H2,1-3H3,(H,23,25)/b22-11+. The molecule has 0 unspecified atom stereocenters. The number of amides is 1. The van der Waals surface area contributed by atoms with Gasteiger partial charge in [0.2, 0.25) is 0 Å². The predicted octanol–water partition coefficient (Wildman–Crippen LogP) is 3.01. The van der Waals surface area contributed by atoms with Gasteiger partial charge in [0, 0.05) is 5.56 Å². The zero-order valence-corrected chi connectivity index (χ0v) is 18.4. The van der Waals surface area contributed by atoms with E-state index in [1.54, 1.807) is 36.4 Å². The quantitative estimate of drug-likeness (QED) is 0.240. The molecule has 2 aromatic carbocycles. The summed E-state index contributed by atoms with van der Waals surface area (Å²) < 4.78 is 21.4. The Bertz CT molecular complexity index is 883. The van der Waals surface area contributed by atoms with Gasteiger partial charge in [0.05, 0.1) is 30.6 Å². The maximum absolute atomic E-state index is 12.2. The van der Waals surface area contributed by atoms with Crippen molar-refractivity contribution in [3.63, 3.8) is 0 Å². The van der Waals surface area contributed by atoms with E-state index in [9.17, 15) is 9.59 Å². The number of carbonyl (C=O) groups excluding carboxylic acids is 2. The van der Waals surface area contributed by atoms with Crippen molar-refractivity contribution >= 4 is 40.7 Å². The Morgan fingerprint density at radius 2 is 1.86 bits per heavy atom. The molecule has 8 nitrogen and oxygen atoms in total. The predicted molar refractivity (Wildman–Crippen MR) is 116 cm³/mol. The van der Waals surface area contributed by atoms with Crippen LogP contribution in [0.15, 0.2) is 41.5 Å². The lowest BCUT2D eigenvalue weighted by atomic mass is 10.2. The molecule has 1 amide bonds. The van der Waals surface area contributed by atoms with E-state index in [0.717, 1.165) is 0 Å². The van der Waals surface area contributed by atoms with Crippen molar-refractivity contribution in [2.75, 3.05) is 27.4 Å². The largest absolute Gasteiger partial charge is 0.494 e. The van der Waals surface area contributed by atoms with Gasteiger partial charge in [-0.3, -0.25) is 4.79 Å². The molecule has 0 spiro atoms. The number of rotatable bonds is 9. The van der Waals surface area contributed by atoms with Crippen LogP contribution in [0.5, 0.6) is 17.2 Å². The molecule has 154 valence electrons. The molecule has 0 atom stereocenters. The minimum atomic E-state index is -0.495. The zero-order chi connectivity index (χ0) is 21.2. The van der Waals surface area contributed by atoms with E-state index < -0.39 is 5.97 Å². The minimum absolute atomic E-state index is 0.228. The molecular formula is C20H21IN2O6. The van der Waals surface area contributed by atoms with Gasteiger partial charge in [0.25, 0.3) is 5.91 Å². The summed E-state index contributed by atoms with van der Waals surface area (Å²) in [5.41, 5.74) is 3.62. The molecule has 0 bridgehead atoms. The highest BCUT2D eigenvalue weighted by Crippen LogP contribution is 2.33. The number of nitrogens with one attached hydrogen (secondary N) is 1. The van der Waals surface area contributed by atoms with Crippen molar-refractivity contribution in [1.29, 1.82) is 0 Å². The average molecular weight is 512 g/mol. The number of halogens is 1. The van der Waals surface area contributed by atoms with Gasteiger partial charge in [-0.15, -0.1) is 0 Å². The first kappa shape index (κ1) is 22.5. The number of nitrogens with zero attached hydrogens (tertiary/aromatic N) is 1. The molecular weight excluding hydrogens is 491 g/mol. The van der Waals surface area contributed by atoms with Gasteiger partial charge in [-0.1, -0.05) is 0 Å². The molecule has 9 heteroatoms. The number of esters is 1. The van der Waals surface area contributed by atoms with Crippen LogP contribution in [-0.2, 0) is 9.53 Å². The summed E-state index contributed by atoms with van der Waals surface area (Å²) in [7, 11) is 2.78. The summed E-state index contributed by atoms with van der Waals surface area (Å²) in [5, 5.41) is 3.98. The van der Waals surface area contributed by atoms with E-state index in [4.69, 9.17) is 14.2 Å². The Balaban J connectivity index is 2.04. The fourth-order valence-electron chi connectivity index (χ4n) is 2.24. The van der Waals surface area contributed by atoms with Crippen LogP contribution < -0.4 is 19.6 Å². The number of methoxy groups -OCH3 is 2. The topological polar surface area (TPSA) is 95.5 Å². The Morgan fingerprint density at radius 3 is 2.48 bits per heavy atom. The zero-order valence-electron chi connectivity index (χ0n) is 16.2. The van der Waals surface area contributed by atoms with Crippen molar-refractivity contribution in [2.45, 2.75) is 6.92 Å². The molecule has 2 aromatic rings. The first-order valence-electron chi connectivity index (χ1n) is 8.61. The molecule has 0 fully saturated rings. The fraction of sp³-hybridized carbons (Fsp3) is 0.250. The highest BCUT2D eigenvalue weighted by atomic mass is 127. The summed E-state index contributed by atoms with van der Waals surface area (Å²) >= 11 is 2.06. The highest BCUT2D eigenvalue weighted by Gasteiger charge is 2.13. The molecule has 0 aromatic heterocycles. The Kier molecular flexibility index (Phi) is 8.71. The molecule has 0 radical (unpaired) electrons. The number of carbonyl (C=O) groups is 2. The SMILES string of the molecule is CCOc1ccc(C(=O)N/N=C/c2cc(I)c(OCC(=O)OC)c(OC)c2)cc1. The summed E-state index contributed by atoms with van der Waals surface area (Å²) in [6, 6.07) is 10.2.